The van der Waals surface area contributed by atoms with Crippen LogP contribution in [0.25, 0.3) is 0 Å². The summed E-state index contributed by atoms with van der Waals surface area (Å²) < 4.78 is 0. The number of anilines is 5. The molecule has 1 amide bonds. The van der Waals surface area contributed by atoms with Crippen LogP contribution in [-0.2, 0) is 6.54 Å². The number of rotatable bonds is 23. The summed E-state index contributed by atoms with van der Waals surface area (Å²) in [5, 5.41) is 16.3. The Balaban J connectivity index is 0.000000346. The molecule has 0 spiro atoms. The number of Topliss-reactive ketones (excluding diaryl/α,β-unsaturated/α-hetero) is 4. The topological polar surface area (TPSA) is 200 Å². The Bertz CT molecular complexity index is 2440. The lowest BCUT2D eigenvalue weighted by Gasteiger charge is -2.20. The highest BCUT2D eigenvalue weighted by molar-refractivity contribution is 6.04. The lowest BCUT2D eigenvalue weighted by Crippen LogP contribution is -2.31. The van der Waals surface area contributed by atoms with Gasteiger partial charge in [-0.15, -0.1) is 0 Å². The predicted octanol–water partition coefficient (Wildman–Crippen LogP) is 15.4. The number of ketones is 4. The highest BCUT2D eigenvalue weighted by Gasteiger charge is 2.31. The van der Waals surface area contributed by atoms with Crippen LogP contribution in [0.2, 0.25) is 0 Å². The summed E-state index contributed by atoms with van der Waals surface area (Å²) in [5.41, 5.74) is 8.22. The fraction of sp³-hybridized carbons (Fsp3) is 0.530. The molecule has 444 valence electrons. The van der Waals surface area contributed by atoms with E-state index in [1.165, 1.54) is 0 Å². The monoisotopic (exact) mass is 1110 g/mol. The molecule has 1 aliphatic rings. The number of nitrogens with zero attached hydrogens (tertiary/aromatic N) is 5. The van der Waals surface area contributed by atoms with Crippen LogP contribution >= 0.6 is 0 Å². The van der Waals surface area contributed by atoms with Gasteiger partial charge < -0.3 is 31.5 Å². The summed E-state index contributed by atoms with van der Waals surface area (Å²) in [7, 11) is 0. The van der Waals surface area contributed by atoms with Crippen molar-refractivity contribution in [1.82, 2.24) is 24.8 Å². The molecule has 0 saturated heterocycles. The summed E-state index contributed by atoms with van der Waals surface area (Å²) in [5.74, 6) is 2.95. The molecule has 0 radical (unpaired) electrons. The molecular weight excluding hydrogens is 1010 g/mol. The molecule has 15 heteroatoms. The molecule has 1 aromatic carbocycles. The average molecular weight is 1110 g/mol. The number of hydrogen-bond donors (Lipinski definition) is 5. The van der Waals surface area contributed by atoms with Crippen molar-refractivity contribution >= 4 is 57.6 Å². The van der Waals surface area contributed by atoms with E-state index in [9.17, 15) is 24.0 Å². The second-order valence-electron chi connectivity index (χ2n) is 24.1. The first-order valence-electron chi connectivity index (χ1n) is 29.2. The van der Waals surface area contributed by atoms with Crippen LogP contribution in [0.5, 0.6) is 0 Å². The third-order valence-electron chi connectivity index (χ3n) is 11.6. The van der Waals surface area contributed by atoms with E-state index in [4.69, 9.17) is 0 Å². The van der Waals surface area contributed by atoms with Gasteiger partial charge in [-0.05, 0) is 155 Å². The third kappa shape index (κ3) is 26.0. The Labute approximate surface area is 486 Å². The number of amides is 1. The van der Waals surface area contributed by atoms with Gasteiger partial charge in [0.05, 0.1) is 34.3 Å². The third-order valence-corrected chi connectivity index (χ3v) is 11.6. The van der Waals surface area contributed by atoms with Gasteiger partial charge in [-0.25, -0.2) is 4.98 Å². The van der Waals surface area contributed by atoms with E-state index >= 15 is 0 Å². The molecule has 4 aromatic heterocycles. The Morgan fingerprint density at radius 3 is 1.42 bits per heavy atom. The van der Waals surface area contributed by atoms with E-state index in [0.717, 1.165) is 46.0 Å². The van der Waals surface area contributed by atoms with Gasteiger partial charge in [0.2, 0.25) is 0 Å². The number of carbonyl (C=O) groups is 5. The van der Waals surface area contributed by atoms with Crippen LogP contribution in [0, 0.1) is 23.7 Å². The number of carbonyl (C=O) groups excluding carboxylic acids is 5. The van der Waals surface area contributed by atoms with Crippen LogP contribution in [0.3, 0.4) is 0 Å². The molecule has 6 rings (SSSR count). The maximum Gasteiger partial charge on any atom is 0.256 e. The first-order valence-corrected chi connectivity index (χ1v) is 29.2. The Kier molecular flexibility index (Phi) is 30.8. The lowest BCUT2D eigenvalue weighted by molar-refractivity contribution is 0.0730. The summed E-state index contributed by atoms with van der Waals surface area (Å²) >= 11 is 0. The van der Waals surface area contributed by atoms with E-state index < -0.39 is 0 Å². The minimum absolute atomic E-state index is 0.110. The largest absolute Gasteiger partial charge is 0.382 e. The van der Waals surface area contributed by atoms with Crippen LogP contribution in [-0.4, -0.2) is 90.1 Å². The minimum Gasteiger partial charge on any atom is -0.382 e. The van der Waals surface area contributed by atoms with Gasteiger partial charge in [-0.3, -0.25) is 38.9 Å². The zero-order valence-electron chi connectivity index (χ0n) is 52.7. The van der Waals surface area contributed by atoms with Crippen molar-refractivity contribution in [2.75, 3.05) is 26.6 Å². The minimum atomic E-state index is 0.110. The molecule has 0 aliphatic carbocycles. The SMILES string of the molecule is CC(C)CC(=O)c1cccnc1NC(C)C.CC(C)CC(=O)c1ccncc1NC(C)C.CC(C)CC(=O)c1cnccc1NC(C)C.CC(C)CC(=O)c1ncccc1NC(C)C.CC(C)Nc1cccc2c1C(=O)N(C(C)C)C2. The average Bonchev–Trinajstić information content (AvgIpc) is 3.90. The number of fused-ring (bicyclic) bond motifs is 1. The molecule has 15 nitrogen and oxygen atoms in total. The summed E-state index contributed by atoms with van der Waals surface area (Å²) in [6.45, 7) is 41.7. The predicted molar refractivity (Wildman–Crippen MR) is 337 cm³/mol. The van der Waals surface area contributed by atoms with Crippen LogP contribution in [0.4, 0.5) is 28.6 Å². The zero-order chi connectivity index (χ0) is 61.1. The van der Waals surface area contributed by atoms with Crippen LogP contribution in [0.1, 0.15) is 222 Å². The fourth-order valence-corrected chi connectivity index (χ4v) is 8.33. The van der Waals surface area contributed by atoms with Crippen LogP contribution < -0.4 is 26.6 Å². The standard InChI is InChI=1S/C14H20N2O.4C13H20N2O/c1-9(2)15-12-7-5-6-11-8-16(10(3)4)14(17)13(11)12;1-9(2)7-13(16)11-8-14-6-5-12(11)15-10(3)4;1-9(2)7-13(16)11-5-6-14-8-12(11)15-10(3)4;1-9(2)8-12(16)13-11(15-10(3)4)6-5-7-14-13;1-9(2)8-12(16)11-6-5-7-14-13(11)15-10(3)4/h5-7,9-10,15H,8H2,1-4H3;5-6,8-10H,7H2,1-4H3,(H,14,15);5-6,8-10,15H,7H2,1-4H3;5-7,9-10,15H,8H2,1-4H3;5-7,9-10H,8H2,1-4H3,(H,14,15). The molecule has 0 saturated carbocycles. The Morgan fingerprint density at radius 2 is 0.877 bits per heavy atom. The molecule has 81 heavy (non-hydrogen) atoms. The number of hydrogen-bond acceptors (Lipinski definition) is 14. The van der Waals surface area contributed by atoms with Gasteiger partial charge in [0.1, 0.15) is 11.5 Å². The second kappa shape index (κ2) is 35.6. The Hall–Kier alpha value is -7.03. The summed E-state index contributed by atoms with van der Waals surface area (Å²) in [6.07, 6.45) is 12.4. The molecule has 5 N–H and O–H groups in total. The maximum absolute atomic E-state index is 12.3. The van der Waals surface area contributed by atoms with Gasteiger partial charge >= 0.3 is 0 Å². The number of nitrogens with one attached hydrogen (secondary N) is 5. The van der Waals surface area contributed by atoms with Crippen molar-refractivity contribution < 1.29 is 24.0 Å². The van der Waals surface area contributed by atoms with E-state index in [1.807, 2.05) is 130 Å². The van der Waals surface area contributed by atoms with E-state index in [-0.39, 0.29) is 41.1 Å². The van der Waals surface area contributed by atoms with Gasteiger partial charge in [0, 0.05) is 116 Å². The first kappa shape index (κ1) is 70.1. The number of aromatic nitrogens is 4. The molecular formula is C66H100N10O5. The molecule has 0 bridgehead atoms. The zero-order valence-corrected chi connectivity index (χ0v) is 52.7. The van der Waals surface area contributed by atoms with Crippen molar-refractivity contribution in [1.29, 1.82) is 0 Å². The second-order valence-corrected chi connectivity index (χ2v) is 24.1. The highest BCUT2D eigenvalue weighted by Crippen LogP contribution is 2.31. The summed E-state index contributed by atoms with van der Waals surface area (Å²) in [4.78, 5) is 78.6. The van der Waals surface area contributed by atoms with E-state index in [2.05, 4.69) is 102 Å². The van der Waals surface area contributed by atoms with Gasteiger partial charge in [0.25, 0.3) is 5.91 Å². The molecule has 1 aliphatic heterocycles. The number of pyridine rings is 4. The quantitative estimate of drug-likeness (QED) is 0.0387. The van der Waals surface area contributed by atoms with Crippen molar-refractivity contribution in [2.45, 2.75) is 207 Å². The molecule has 5 aromatic rings. The maximum atomic E-state index is 12.3. The van der Waals surface area contributed by atoms with Gasteiger partial charge in [-0.2, -0.15) is 0 Å². The van der Waals surface area contributed by atoms with Crippen molar-refractivity contribution in [3.63, 3.8) is 0 Å². The molecule has 0 unspecified atom stereocenters. The Morgan fingerprint density at radius 1 is 0.432 bits per heavy atom. The first-order chi connectivity index (χ1) is 38.0. The molecule has 0 atom stereocenters. The van der Waals surface area contributed by atoms with Gasteiger partial charge in [0.15, 0.2) is 23.1 Å². The molecule has 5 heterocycles. The molecule has 0 fully saturated rings. The van der Waals surface area contributed by atoms with Crippen molar-refractivity contribution in [2.24, 2.45) is 23.7 Å². The van der Waals surface area contributed by atoms with Crippen molar-refractivity contribution in [3.8, 4) is 0 Å². The summed E-state index contributed by atoms with van der Waals surface area (Å²) in [6, 6.07) is 18.9. The van der Waals surface area contributed by atoms with Crippen molar-refractivity contribution in [3.05, 3.63) is 125 Å². The lowest BCUT2D eigenvalue weighted by atomic mass is 10.0. The highest BCUT2D eigenvalue weighted by atomic mass is 16.2. The van der Waals surface area contributed by atoms with Crippen LogP contribution in [0.15, 0.2) is 91.8 Å². The van der Waals surface area contributed by atoms with E-state index in [1.54, 1.807) is 49.3 Å². The van der Waals surface area contributed by atoms with E-state index in [0.29, 0.717) is 96.2 Å². The normalized spacial score (nSPS) is 11.7. The number of benzene rings is 1. The smallest absolute Gasteiger partial charge is 0.256 e. The fourth-order valence-electron chi connectivity index (χ4n) is 8.33. The van der Waals surface area contributed by atoms with Gasteiger partial charge in [-0.1, -0.05) is 67.5 Å².